The van der Waals surface area contributed by atoms with Crippen LogP contribution in [0.1, 0.15) is 38.7 Å². The van der Waals surface area contributed by atoms with Crippen molar-refractivity contribution >= 4 is 11.4 Å². The van der Waals surface area contributed by atoms with Crippen LogP contribution in [-0.2, 0) is 6.54 Å². The fourth-order valence-electron chi connectivity index (χ4n) is 3.04. The summed E-state index contributed by atoms with van der Waals surface area (Å²) in [6.45, 7) is 5.27. The second-order valence-corrected chi connectivity index (χ2v) is 5.66. The zero-order chi connectivity index (χ0) is 14.7. The predicted molar refractivity (Wildman–Crippen MR) is 81.0 cm³/mol. The molecule has 0 aromatic heterocycles. The van der Waals surface area contributed by atoms with Gasteiger partial charge in [0.15, 0.2) is 0 Å². The van der Waals surface area contributed by atoms with Gasteiger partial charge in [-0.1, -0.05) is 12.5 Å². The highest BCUT2D eigenvalue weighted by Crippen LogP contribution is 2.28. The molecule has 1 N–H and O–H groups in total. The van der Waals surface area contributed by atoms with E-state index >= 15 is 0 Å². The third-order valence-corrected chi connectivity index (χ3v) is 4.27. The molecule has 1 aliphatic rings. The molecule has 0 amide bonds. The zero-order valence-corrected chi connectivity index (χ0v) is 12.4. The monoisotopic (exact) mass is 277 g/mol. The Hall–Kier alpha value is -1.62. The van der Waals surface area contributed by atoms with Gasteiger partial charge in [-0.15, -0.1) is 0 Å². The molecular formula is C15H23N3O2. The molecule has 2 rings (SSSR count). The molecule has 1 heterocycles. The van der Waals surface area contributed by atoms with Crippen LogP contribution < -0.4 is 5.32 Å². The summed E-state index contributed by atoms with van der Waals surface area (Å²) in [6.07, 6.45) is 3.69. The molecule has 1 saturated heterocycles. The Kier molecular flexibility index (Phi) is 4.60. The van der Waals surface area contributed by atoms with E-state index in [-0.39, 0.29) is 10.6 Å². The lowest BCUT2D eigenvalue weighted by atomic mass is 9.96. The Morgan fingerprint density at radius 3 is 2.55 bits per heavy atom. The summed E-state index contributed by atoms with van der Waals surface area (Å²) in [4.78, 5) is 13.2. The van der Waals surface area contributed by atoms with E-state index in [9.17, 15) is 10.1 Å². The van der Waals surface area contributed by atoms with Crippen molar-refractivity contribution in [1.29, 1.82) is 0 Å². The number of anilines is 1. The third-order valence-electron chi connectivity index (χ3n) is 4.27. The normalized spacial score (nSPS) is 23.6. The number of nitrogens with one attached hydrogen (secondary N) is 1. The second-order valence-electron chi connectivity index (χ2n) is 5.66. The number of likely N-dealkylation sites (tertiary alicyclic amines) is 1. The van der Waals surface area contributed by atoms with Crippen LogP contribution in [0.15, 0.2) is 18.2 Å². The summed E-state index contributed by atoms with van der Waals surface area (Å²) in [7, 11) is 1.71. The molecule has 0 saturated carbocycles. The van der Waals surface area contributed by atoms with E-state index in [2.05, 4.69) is 24.1 Å². The highest BCUT2D eigenvalue weighted by molar-refractivity contribution is 5.62. The molecule has 1 aromatic rings. The van der Waals surface area contributed by atoms with Crippen molar-refractivity contribution in [2.75, 3.05) is 12.4 Å². The summed E-state index contributed by atoms with van der Waals surface area (Å²) < 4.78 is 0. The standard InChI is InChI=1S/C15H23N3O2/c1-11-5-4-6-12(2)17(11)10-13-7-8-14(16-3)15(9-13)18(19)20/h7-9,11-12,16H,4-6,10H2,1-3H3. The van der Waals surface area contributed by atoms with Gasteiger partial charge in [0.1, 0.15) is 5.69 Å². The van der Waals surface area contributed by atoms with Crippen molar-refractivity contribution in [3.05, 3.63) is 33.9 Å². The van der Waals surface area contributed by atoms with E-state index in [0.29, 0.717) is 17.8 Å². The number of nitro benzene ring substituents is 1. The van der Waals surface area contributed by atoms with Gasteiger partial charge < -0.3 is 5.32 Å². The van der Waals surface area contributed by atoms with E-state index in [1.807, 2.05) is 6.07 Å². The van der Waals surface area contributed by atoms with Crippen LogP contribution in [0.2, 0.25) is 0 Å². The minimum Gasteiger partial charge on any atom is -0.383 e. The molecule has 0 spiro atoms. The second kappa shape index (κ2) is 6.22. The van der Waals surface area contributed by atoms with Gasteiger partial charge >= 0.3 is 0 Å². The molecular weight excluding hydrogens is 254 g/mol. The highest BCUT2D eigenvalue weighted by atomic mass is 16.6. The van der Waals surface area contributed by atoms with Gasteiger partial charge in [-0.25, -0.2) is 0 Å². The third kappa shape index (κ3) is 3.10. The largest absolute Gasteiger partial charge is 0.383 e. The fourth-order valence-corrected chi connectivity index (χ4v) is 3.04. The van der Waals surface area contributed by atoms with Crippen LogP contribution in [0, 0.1) is 10.1 Å². The van der Waals surface area contributed by atoms with Crippen LogP contribution in [0.4, 0.5) is 11.4 Å². The number of nitro groups is 1. The Bertz CT molecular complexity index is 480. The zero-order valence-electron chi connectivity index (χ0n) is 12.4. The molecule has 1 fully saturated rings. The Labute approximate surface area is 120 Å². The summed E-state index contributed by atoms with van der Waals surface area (Å²) in [6, 6.07) is 6.56. The average Bonchev–Trinajstić information content (AvgIpc) is 2.43. The number of rotatable bonds is 4. The number of hydrogen-bond acceptors (Lipinski definition) is 4. The van der Waals surface area contributed by atoms with Gasteiger partial charge in [-0.2, -0.15) is 0 Å². The van der Waals surface area contributed by atoms with Crippen molar-refractivity contribution in [1.82, 2.24) is 4.90 Å². The lowest BCUT2D eigenvalue weighted by Crippen LogP contribution is -2.42. The first-order valence-electron chi connectivity index (χ1n) is 7.23. The molecule has 5 heteroatoms. The maximum Gasteiger partial charge on any atom is 0.292 e. The molecule has 0 aliphatic carbocycles. The molecule has 110 valence electrons. The SMILES string of the molecule is CNc1ccc(CN2C(C)CCCC2C)cc1[N+](=O)[O-]. The van der Waals surface area contributed by atoms with E-state index in [0.717, 1.165) is 12.1 Å². The van der Waals surface area contributed by atoms with Gasteiger partial charge in [0.05, 0.1) is 4.92 Å². The van der Waals surface area contributed by atoms with E-state index in [4.69, 9.17) is 0 Å². The van der Waals surface area contributed by atoms with Crippen LogP contribution in [0.5, 0.6) is 0 Å². The molecule has 0 radical (unpaired) electrons. The Balaban J connectivity index is 2.20. The lowest BCUT2D eigenvalue weighted by Gasteiger charge is -2.39. The van der Waals surface area contributed by atoms with E-state index < -0.39 is 0 Å². The molecule has 5 nitrogen and oxygen atoms in total. The molecule has 1 aromatic carbocycles. The summed E-state index contributed by atoms with van der Waals surface area (Å²) in [5.41, 5.74) is 1.73. The van der Waals surface area contributed by atoms with Crippen molar-refractivity contribution in [3.63, 3.8) is 0 Å². The van der Waals surface area contributed by atoms with Gasteiger partial charge in [0, 0.05) is 31.7 Å². The number of piperidine rings is 1. The van der Waals surface area contributed by atoms with Crippen molar-refractivity contribution < 1.29 is 4.92 Å². The van der Waals surface area contributed by atoms with E-state index in [1.54, 1.807) is 19.2 Å². The van der Waals surface area contributed by atoms with Crippen molar-refractivity contribution in [3.8, 4) is 0 Å². The minimum atomic E-state index is -0.321. The predicted octanol–water partition coefficient (Wildman–Crippen LogP) is 3.40. The van der Waals surface area contributed by atoms with Gasteiger partial charge in [-0.05, 0) is 38.3 Å². The summed E-state index contributed by atoms with van der Waals surface area (Å²) in [5.74, 6) is 0. The topological polar surface area (TPSA) is 58.4 Å². The van der Waals surface area contributed by atoms with Gasteiger partial charge in [-0.3, -0.25) is 15.0 Å². The van der Waals surface area contributed by atoms with Crippen molar-refractivity contribution in [2.24, 2.45) is 0 Å². The minimum absolute atomic E-state index is 0.155. The molecule has 0 bridgehead atoms. The summed E-state index contributed by atoms with van der Waals surface area (Å²) in [5, 5.41) is 14.0. The number of benzene rings is 1. The van der Waals surface area contributed by atoms with E-state index in [1.165, 1.54) is 19.3 Å². The quantitative estimate of drug-likeness (QED) is 0.677. The molecule has 1 aliphatic heterocycles. The van der Waals surface area contributed by atoms with Crippen molar-refractivity contribution in [2.45, 2.75) is 51.7 Å². The van der Waals surface area contributed by atoms with Gasteiger partial charge in [0.25, 0.3) is 5.69 Å². The smallest absolute Gasteiger partial charge is 0.292 e. The highest BCUT2D eigenvalue weighted by Gasteiger charge is 2.25. The van der Waals surface area contributed by atoms with Gasteiger partial charge in [0.2, 0.25) is 0 Å². The fraction of sp³-hybridized carbons (Fsp3) is 0.600. The first kappa shape index (κ1) is 14.8. The maximum absolute atomic E-state index is 11.1. The lowest BCUT2D eigenvalue weighted by molar-refractivity contribution is -0.384. The Morgan fingerprint density at radius 2 is 2.00 bits per heavy atom. The maximum atomic E-state index is 11.1. The van der Waals surface area contributed by atoms with Crippen LogP contribution in [0.3, 0.4) is 0 Å². The molecule has 20 heavy (non-hydrogen) atoms. The van der Waals surface area contributed by atoms with Crippen LogP contribution in [-0.4, -0.2) is 29.0 Å². The van der Waals surface area contributed by atoms with Crippen LogP contribution >= 0.6 is 0 Å². The number of nitrogens with zero attached hydrogens (tertiary/aromatic N) is 2. The Morgan fingerprint density at radius 1 is 1.35 bits per heavy atom. The first-order chi connectivity index (χ1) is 9.52. The molecule has 2 unspecified atom stereocenters. The number of hydrogen-bond donors (Lipinski definition) is 1. The summed E-state index contributed by atoms with van der Waals surface area (Å²) >= 11 is 0. The average molecular weight is 277 g/mol. The first-order valence-corrected chi connectivity index (χ1v) is 7.23. The van der Waals surface area contributed by atoms with Crippen LogP contribution in [0.25, 0.3) is 0 Å². The molecule has 2 atom stereocenters.